The zero-order chi connectivity index (χ0) is 12.7. The number of halogens is 1. The van der Waals surface area contributed by atoms with Crippen molar-refractivity contribution in [1.82, 2.24) is 4.98 Å². The van der Waals surface area contributed by atoms with Crippen molar-refractivity contribution in [1.29, 1.82) is 0 Å². The molecule has 0 saturated heterocycles. The zero-order valence-corrected chi connectivity index (χ0v) is 10.2. The molecule has 0 bridgehead atoms. The normalized spacial score (nSPS) is 9.76. The Bertz CT molecular complexity index is 409. The molecule has 0 spiro atoms. The number of hydrogen-bond donors (Lipinski definition) is 1. The first-order valence-electron chi connectivity index (χ1n) is 5.10. The van der Waals surface area contributed by atoms with Crippen LogP contribution in [-0.4, -0.2) is 24.0 Å². The highest BCUT2D eigenvalue weighted by molar-refractivity contribution is 6.33. The summed E-state index contributed by atoms with van der Waals surface area (Å²) in [7, 11) is 1.32. The summed E-state index contributed by atoms with van der Waals surface area (Å²) in [5.74, 6) is -0.222. The van der Waals surface area contributed by atoms with Crippen molar-refractivity contribution < 1.29 is 14.3 Å². The summed E-state index contributed by atoms with van der Waals surface area (Å²) in [5, 5.41) is 2.95. The molecule has 1 heterocycles. The number of hydrogen-bond acceptors (Lipinski definition) is 4. The number of ether oxygens (including phenoxy) is 1. The molecule has 1 aromatic rings. The Morgan fingerprint density at radius 2 is 2.24 bits per heavy atom. The summed E-state index contributed by atoms with van der Waals surface area (Å²) in [5.41, 5.74) is 0. The van der Waals surface area contributed by atoms with E-state index in [-0.39, 0.29) is 24.7 Å². The van der Waals surface area contributed by atoms with Gasteiger partial charge in [0.15, 0.2) is 5.82 Å². The monoisotopic (exact) mass is 256 g/mol. The standard InChI is InChI=1S/C11H13ClN2O3/c1-17-10(16)6-2-5-9(15)14-11-8(12)4-3-7-13-11/h3-4,7H,2,5-6H2,1H3,(H,13,14,15). The first-order chi connectivity index (χ1) is 8.13. The number of anilines is 1. The average Bonchev–Trinajstić information content (AvgIpc) is 2.32. The maximum Gasteiger partial charge on any atom is 0.305 e. The predicted octanol–water partition coefficient (Wildman–Crippen LogP) is 2.02. The lowest BCUT2D eigenvalue weighted by atomic mass is 10.2. The van der Waals surface area contributed by atoms with Gasteiger partial charge >= 0.3 is 5.97 Å². The molecule has 0 aliphatic rings. The topological polar surface area (TPSA) is 68.3 Å². The number of carbonyl (C=O) groups excluding carboxylic acids is 2. The van der Waals surface area contributed by atoms with Crippen LogP contribution < -0.4 is 5.32 Å². The molecule has 92 valence electrons. The van der Waals surface area contributed by atoms with Gasteiger partial charge in [-0.25, -0.2) is 4.98 Å². The first kappa shape index (κ1) is 13.4. The highest BCUT2D eigenvalue weighted by Gasteiger charge is 2.07. The number of methoxy groups -OCH3 is 1. The molecule has 1 N–H and O–H groups in total. The molecule has 0 fully saturated rings. The van der Waals surface area contributed by atoms with Crippen LogP contribution >= 0.6 is 11.6 Å². The molecule has 0 atom stereocenters. The quantitative estimate of drug-likeness (QED) is 0.819. The summed E-state index contributed by atoms with van der Waals surface area (Å²) >= 11 is 5.82. The van der Waals surface area contributed by atoms with Crippen molar-refractivity contribution in [2.75, 3.05) is 12.4 Å². The van der Waals surface area contributed by atoms with Gasteiger partial charge < -0.3 is 10.1 Å². The third-order valence-electron chi connectivity index (χ3n) is 2.03. The van der Waals surface area contributed by atoms with Gasteiger partial charge in [-0.05, 0) is 18.6 Å². The van der Waals surface area contributed by atoms with Crippen LogP contribution in [0.4, 0.5) is 5.82 Å². The van der Waals surface area contributed by atoms with Crippen LogP contribution in [0.15, 0.2) is 18.3 Å². The van der Waals surface area contributed by atoms with E-state index in [1.165, 1.54) is 13.3 Å². The fourth-order valence-corrected chi connectivity index (χ4v) is 1.34. The molecule has 0 aliphatic heterocycles. The molecule has 0 aliphatic carbocycles. The van der Waals surface area contributed by atoms with Gasteiger partial charge in [-0.15, -0.1) is 0 Å². The van der Waals surface area contributed by atoms with E-state index in [1.54, 1.807) is 12.1 Å². The molecule has 1 rings (SSSR count). The lowest BCUT2D eigenvalue weighted by molar-refractivity contribution is -0.140. The van der Waals surface area contributed by atoms with Crippen molar-refractivity contribution in [2.45, 2.75) is 19.3 Å². The number of nitrogens with one attached hydrogen (secondary N) is 1. The molecule has 0 unspecified atom stereocenters. The van der Waals surface area contributed by atoms with Crippen LogP contribution in [0.3, 0.4) is 0 Å². The smallest absolute Gasteiger partial charge is 0.305 e. The molecule has 0 saturated carbocycles. The molecule has 1 aromatic heterocycles. The molecule has 0 radical (unpaired) electrons. The summed E-state index contributed by atoms with van der Waals surface area (Å²) < 4.78 is 4.47. The summed E-state index contributed by atoms with van der Waals surface area (Å²) in [6.07, 6.45) is 2.42. The number of amides is 1. The predicted molar refractivity (Wildman–Crippen MR) is 63.7 cm³/mol. The van der Waals surface area contributed by atoms with Gasteiger partial charge in [0.25, 0.3) is 0 Å². The molecule has 0 aromatic carbocycles. The SMILES string of the molecule is COC(=O)CCCC(=O)Nc1ncccc1Cl. The molecule has 5 nitrogen and oxygen atoms in total. The largest absolute Gasteiger partial charge is 0.469 e. The highest BCUT2D eigenvalue weighted by Crippen LogP contribution is 2.17. The van der Waals surface area contributed by atoms with Gasteiger partial charge in [0.05, 0.1) is 12.1 Å². The van der Waals surface area contributed by atoms with E-state index in [2.05, 4.69) is 15.0 Å². The van der Waals surface area contributed by atoms with Crippen LogP contribution in [0.25, 0.3) is 0 Å². The molecule has 6 heteroatoms. The number of pyridine rings is 1. The van der Waals surface area contributed by atoms with E-state index >= 15 is 0 Å². The second-order valence-corrected chi connectivity index (χ2v) is 3.72. The van der Waals surface area contributed by atoms with Gasteiger partial charge in [-0.2, -0.15) is 0 Å². The van der Waals surface area contributed by atoms with E-state index in [0.717, 1.165) is 0 Å². The Balaban J connectivity index is 2.35. The molecule has 1 amide bonds. The Labute approximate surface area is 104 Å². The number of nitrogens with zero attached hydrogens (tertiary/aromatic N) is 1. The van der Waals surface area contributed by atoms with Crippen LogP contribution in [0.2, 0.25) is 5.02 Å². The van der Waals surface area contributed by atoms with E-state index in [9.17, 15) is 9.59 Å². The fraction of sp³-hybridized carbons (Fsp3) is 0.364. The fourth-order valence-electron chi connectivity index (χ4n) is 1.17. The van der Waals surface area contributed by atoms with Crippen molar-refractivity contribution in [2.24, 2.45) is 0 Å². The average molecular weight is 257 g/mol. The van der Waals surface area contributed by atoms with Gasteiger partial charge in [0.1, 0.15) is 0 Å². The molecule has 17 heavy (non-hydrogen) atoms. The number of carbonyl (C=O) groups is 2. The number of esters is 1. The van der Waals surface area contributed by atoms with Crippen molar-refractivity contribution in [3.05, 3.63) is 23.4 Å². The Hall–Kier alpha value is -1.62. The van der Waals surface area contributed by atoms with Crippen molar-refractivity contribution in [3.63, 3.8) is 0 Å². The van der Waals surface area contributed by atoms with Crippen molar-refractivity contribution >= 4 is 29.3 Å². The Kier molecular flexibility index (Phi) is 5.42. The second kappa shape index (κ2) is 6.85. The molecular weight excluding hydrogens is 244 g/mol. The van der Waals surface area contributed by atoms with Gasteiger partial charge in [-0.1, -0.05) is 11.6 Å². The lowest BCUT2D eigenvalue weighted by Gasteiger charge is -2.05. The van der Waals surface area contributed by atoms with Crippen LogP contribution in [0, 0.1) is 0 Å². The third-order valence-corrected chi connectivity index (χ3v) is 2.33. The van der Waals surface area contributed by atoms with Crippen LogP contribution in [0.1, 0.15) is 19.3 Å². The molecular formula is C11H13ClN2O3. The van der Waals surface area contributed by atoms with Crippen LogP contribution in [-0.2, 0) is 14.3 Å². The zero-order valence-electron chi connectivity index (χ0n) is 9.40. The van der Waals surface area contributed by atoms with E-state index in [1.807, 2.05) is 0 Å². The minimum Gasteiger partial charge on any atom is -0.469 e. The summed E-state index contributed by atoms with van der Waals surface area (Å²) in [4.78, 5) is 26.2. The summed E-state index contributed by atoms with van der Waals surface area (Å²) in [6, 6.07) is 3.31. The maximum absolute atomic E-state index is 11.5. The Morgan fingerprint density at radius 3 is 2.88 bits per heavy atom. The number of rotatable bonds is 5. The first-order valence-corrected chi connectivity index (χ1v) is 5.48. The van der Waals surface area contributed by atoms with E-state index < -0.39 is 0 Å². The summed E-state index contributed by atoms with van der Waals surface area (Å²) in [6.45, 7) is 0. The minimum absolute atomic E-state index is 0.222. The van der Waals surface area contributed by atoms with Gasteiger partial charge in [0.2, 0.25) is 5.91 Å². The minimum atomic E-state index is -0.325. The maximum atomic E-state index is 11.5. The third kappa shape index (κ3) is 4.82. The highest BCUT2D eigenvalue weighted by atomic mass is 35.5. The van der Waals surface area contributed by atoms with Gasteiger partial charge in [0, 0.05) is 19.0 Å². The van der Waals surface area contributed by atoms with Crippen molar-refractivity contribution in [3.8, 4) is 0 Å². The van der Waals surface area contributed by atoms with E-state index in [4.69, 9.17) is 11.6 Å². The van der Waals surface area contributed by atoms with E-state index in [0.29, 0.717) is 17.3 Å². The second-order valence-electron chi connectivity index (χ2n) is 3.31. The lowest BCUT2D eigenvalue weighted by Crippen LogP contribution is -2.13. The Morgan fingerprint density at radius 1 is 1.47 bits per heavy atom. The van der Waals surface area contributed by atoms with Crippen LogP contribution in [0.5, 0.6) is 0 Å². The number of aromatic nitrogens is 1. The van der Waals surface area contributed by atoms with Gasteiger partial charge in [-0.3, -0.25) is 9.59 Å².